The second-order valence-electron chi connectivity index (χ2n) is 4.46. The number of piperidine rings is 1. The van der Waals surface area contributed by atoms with Crippen molar-refractivity contribution in [2.75, 3.05) is 30.8 Å². The first-order valence-electron chi connectivity index (χ1n) is 5.52. The van der Waals surface area contributed by atoms with Crippen molar-refractivity contribution in [3.05, 3.63) is 12.3 Å². The number of ether oxygens (including phenoxy) is 1. The molecular weight excluding hydrogens is 204 g/mol. The second-order valence-corrected chi connectivity index (χ2v) is 4.46. The number of hydrogen-bond donors (Lipinski definition) is 1. The van der Waals surface area contributed by atoms with Crippen LogP contribution in [0.2, 0.25) is 0 Å². The molecule has 5 nitrogen and oxygen atoms in total. The van der Waals surface area contributed by atoms with Crippen LogP contribution >= 0.6 is 0 Å². The fraction of sp³-hybridized carbons (Fsp3) is 0.636. The summed E-state index contributed by atoms with van der Waals surface area (Å²) in [7, 11) is 1.75. The molecule has 2 heterocycles. The van der Waals surface area contributed by atoms with E-state index in [1.165, 1.54) is 0 Å². The van der Waals surface area contributed by atoms with Crippen LogP contribution in [-0.2, 0) is 4.74 Å². The number of methoxy groups -OCH3 is 1. The lowest BCUT2D eigenvalue weighted by Gasteiger charge is -2.39. The van der Waals surface area contributed by atoms with Crippen LogP contribution in [0.3, 0.4) is 0 Å². The zero-order chi connectivity index (χ0) is 11.6. The molecule has 1 fully saturated rings. The molecule has 0 amide bonds. The van der Waals surface area contributed by atoms with E-state index in [9.17, 15) is 0 Å². The van der Waals surface area contributed by atoms with Gasteiger partial charge in [0.05, 0.1) is 5.60 Å². The Kier molecular flexibility index (Phi) is 2.96. The van der Waals surface area contributed by atoms with Crippen LogP contribution in [0.1, 0.15) is 19.8 Å². The lowest BCUT2D eigenvalue weighted by atomic mass is 9.95. The Morgan fingerprint density at radius 3 is 3.06 bits per heavy atom. The Labute approximate surface area is 95.6 Å². The van der Waals surface area contributed by atoms with Gasteiger partial charge in [-0.05, 0) is 25.8 Å². The lowest BCUT2D eigenvalue weighted by Crippen LogP contribution is -2.48. The Morgan fingerprint density at radius 2 is 2.38 bits per heavy atom. The highest BCUT2D eigenvalue weighted by Crippen LogP contribution is 2.26. The van der Waals surface area contributed by atoms with Crippen LogP contribution in [0.15, 0.2) is 12.3 Å². The molecule has 1 unspecified atom stereocenters. The smallest absolute Gasteiger partial charge is 0.227 e. The van der Waals surface area contributed by atoms with E-state index in [0.717, 1.165) is 25.9 Å². The summed E-state index contributed by atoms with van der Waals surface area (Å²) in [6.07, 6.45) is 3.85. The molecule has 88 valence electrons. The van der Waals surface area contributed by atoms with Gasteiger partial charge in [-0.3, -0.25) is 0 Å². The molecule has 0 bridgehead atoms. The molecule has 0 spiro atoms. The molecule has 16 heavy (non-hydrogen) atoms. The van der Waals surface area contributed by atoms with Crippen molar-refractivity contribution in [1.29, 1.82) is 0 Å². The maximum absolute atomic E-state index is 5.66. The van der Waals surface area contributed by atoms with E-state index in [1.54, 1.807) is 19.4 Å². The van der Waals surface area contributed by atoms with E-state index in [-0.39, 0.29) is 5.60 Å². The van der Waals surface area contributed by atoms with Gasteiger partial charge in [0.2, 0.25) is 5.95 Å². The molecule has 1 aliphatic heterocycles. The van der Waals surface area contributed by atoms with Crippen LogP contribution in [0.5, 0.6) is 0 Å². The molecule has 1 atom stereocenters. The van der Waals surface area contributed by atoms with Gasteiger partial charge in [-0.1, -0.05) is 0 Å². The summed E-state index contributed by atoms with van der Waals surface area (Å²) in [4.78, 5) is 10.6. The Morgan fingerprint density at radius 1 is 1.56 bits per heavy atom. The lowest BCUT2D eigenvalue weighted by molar-refractivity contribution is -0.00498. The van der Waals surface area contributed by atoms with E-state index in [4.69, 9.17) is 10.5 Å². The van der Waals surface area contributed by atoms with Crippen LogP contribution in [-0.4, -0.2) is 35.8 Å². The van der Waals surface area contributed by atoms with Gasteiger partial charge in [0, 0.05) is 26.4 Å². The van der Waals surface area contributed by atoms with Crippen molar-refractivity contribution >= 4 is 11.8 Å². The fourth-order valence-corrected chi connectivity index (χ4v) is 2.06. The van der Waals surface area contributed by atoms with E-state index in [2.05, 4.69) is 21.8 Å². The average molecular weight is 222 g/mol. The second kappa shape index (κ2) is 4.25. The van der Waals surface area contributed by atoms with Gasteiger partial charge in [-0.2, -0.15) is 4.98 Å². The zero-order valence-electron chi connectivity index (χ0n) is 9.81. The Hall–Kier alpha value is -1.36. The zero-order valence-corrected chi connectivity index (χ0v) is 9.81. The van der Waals surface area contributed by atoms with Gasteiger partial charge >= 0.3 is 0 Å². The van der Waals surface area contributed by atoms with Crippen molar-refractivity contribution in [2.24, 2.45) is 0 Å². The van der Waals surface area contributed by atoms with Crippen molar-refractivity contribution in [3.63, 3.8) is 0 Å². The highest BCUT2D eigenvalue weighted by atomic mass is 16.5. The van der Waals surface area contributed by atoms with Gasteiger partial charge < -0.3 is 15.4 Å². The molecule has 1 aromatic rings. The quantitative estimate of drug-likeness (QED) is 0.810. The van der Waals surface area contributed by atoms with Crippen LogP contribution in [0.4, 0.5) is 11.8 Å². The van der Waals surface area contributed by atoms with Crippen LogP contribution in [0.25, 0.3) is 0 Å². The minimum atomic E-state index is -0.105. The normalized spacial score (nSPS) is 25.8. The van der Waals surface area contributed by atoms with E-state index in [0.29, 0.717) is 11.8 Å². The van der Waals surface area contributed by atoms with E-state index >= 15 is 0 Å². The summed E-state index contributed by atoms with van der Waals surface area (Å²) >= 11 is 0. The molecule has 0 aliphatic carbocycles. The van der Waals surface area contributed by atoms with Crippen molar-refractivity contribution in [3.8, 4) is 0 Å². The Bertz CT molecular complexity index is 371. The first kappa shape index (κ1) is 11.1. The third kappa shape index (κ3) is 2.24. The monoisotopic (exact) mass is 222 g/mol. The van der Waals surface area contributed by atoms with Gasteiger partial charge in [0.25, 0.3) is 0 Å². The highest BCUT2D eigenvalue weighted by molar-refractivity contribution is 5.38. The molecule has 2 N–H and O–H groups in total. The molecule has 0 radical (unpaired) electrons. The maximum atomic E-state index is 5.66. The summed E-state index contributed by atoms with van der Waals surface area (Å²) in [5, 5.41) is 0. The summed E-state index contributed by atoms with van der Waals surface area (Å²) in [6.45, 7) is 3.89. The minimum absolute atomic E-state index is 0.105. The topological polar surface area (TPSA) is 64.3 Å². The number of nitrogens with two attached hydrogens (primary N) is 1. The van der Waals surface area contributed by atoms with Crippen LogP contribution < -0.4 is 10.6 Å². The molecule has 1 aliphatic rings. The molecule has 0 aromatic carbocycles. The maximum Gasteiger partial charge on any atom is 0.227 e. The fourth-order valence-electron chi connectivity index (χ4n) is 2.06. The number of hydrogen-bond acceptors (Lipinski definition) is 5. The number of rotatable bonds is 2. The first-order chi connectivity index (χ1) is 7.63. The van der Waals surface area contributed by atoms with E-state index in [1.807, 2.05) is 0 Å². The Balaban J connectivity index is 2.16. The number of anilines is 2. The molecule has 1 saturated heterocycles. The van der Waals surface area contributed by atoms with Crippen molar-refractivity contribution in [2.45, 2.75) is 25.4 Å². The molecule has 2 rings (SSSR count). The standard InChI is InChI=1S/C11H18N4O/c1-11(16-2)5-3-7-15(8-11)10-13-6-4-9(12)14-10/h4,6H,3,5,7-8H2,1-2H3,(H2,12,13,14). The number of nitrogens with zero attached hydrogens (tertiary/aromatic N) is 3. The molecule has 0 saturated carbocycles. The van der Waals surface area contributed by atoms with Crippen molar-refractivity contribution in [1.82, 2.24) is 9.97 Å². The summed E-state index contributed by atoms with van der Waals surface area (Å²) in [5.41, 5.74) is 5.55. The summed E-state index contributed by atoms with van der Waals surface area (Å²) in [5.74, 6) is 1.21. The summed E-state index contributed by atoms with van der Waals surface area (Å²) in [6, 6.07) is 1.70. The van der Waals surface area contributed by atoms with Gasteiger partial charge in [0.15, 0.2) is 0 Å². The third-order valence-electron chi connectivity index (χ3n) is 3.10. The van der Waals surface area contributed by atoms with Gasteiger partial charge in [-0.25, -0.2) is 4.98 Å². The first-order valence-corrected chi connectivity index (χ1v) is 5.52. The third-order valence-corrected chi connectivity index (χ3v) is 3.10. The van der Waals surface area contributed by atoms with Gasteiger partial charge in [-0.15, -0.1) is 0 Å². The minimum Gasteiger partial charge on any atom is -0.384 e. The van der Waals surface area contributed by atoms with E-state index < -0.39 is 0 Å². The highest BCUT2D eigenvalue weighted by Gasteiger charge is 2.31. The molecule has 5 heteroatoms. The molecular formula is C11H18N4O. The largest absolute Gasteiger partial charge is 0.384 e. The average Bonchev–Trinajstić information content (AvgIpc) is 2.29. The number of nitrogen functional groups attached to an aromatic ring is 1. The number of aromatic nitrogens is 2. The van der Waals surface area contributed by atoms with Crippen LogP contribution in [0, 0.1) is 0 Å². The van der Waals surface area contributed by atoms with Crippen molar-refractivity contribution < 1.29 is 4.74 Å². The van der Waals surface area contributed by atoms with Gasteiger partial charge in [0.1, 0.15) is 5.82 Å². The predicted octanol–water partition coefficient (Wildman–Crippen LogP) is 1.06. The predicted molar refractivity (Wildman–Crippen MR) is 63.3 cm³/mol. The molecule has 1 aromatic heterocycles. The summed E-state index contributed by atoms with van der Waals surface area (Å²) < 4.78 is 5.53. The SMILES string of the molecule is COC1(C)CCCN(c2nccc(N)n2)C1.